The fourth-order valence-electron chi connectivity index (χ4n) is 2.58. The van der Waals surface area contributed by atoms with E-state index in [9.17, 15) is 0 Å². The molecule has 0 aliphatic carbocycles. The zero-order valence-electron chi connectivity index (χ0n) is 13.4. The molecule has 0 spiro atoms. The summed E-state index contributed by atoms with van der Waals surface area (Å²) < 4.78 is 2.41. The van der Waals surface area contributed by atoms with Crippen molar-refractivity contribution in [2.75, 3.05) is 5.84 Å². The van der Waals surface area contributed by atoms with E-state index < -0.39 is 0 Å². The second kappa shape index (κ2) is 7.26. The third kappa shape index (κ3) is 3.30. The summed E-state index contributed by atoms with van der Waals surface area (Å²) in [5.74, 6) is 7.40. The van der Waals surface area contributed by atoms with Gasteiger partial charge in [-0.2, -0.15) is 0 Å². The second-order valence-electron chi connectivity index (χ2n) is 5.58. The van der Waals surface area contributed by atoms with Crippen molar-refractivity contribution in [3.63, 3.8) is 0 Å². The Kier molecular flexibility index (Phi) is 4.84. The molecule has 2 aromatic carbocycles. The van der Waals surface area contributed by atoms with E-state index in [1.165, 1.54) is 16.4 Å². The predicted molar refractivity (Wildman–Crippen MR) is 110 cm³/mol. The van der Waals surface area contributed by atoms with E-state index in [0.717, 1.165) is 26.5 Å². The van der Waals surface area contributed by atoms with Gasteiger partial charge < -0.3 is 5.84 Å². The third-order valence-corrected chi connectivity index (χ3v) is 5.90. The fourth-order valence-corrected chi connectivity index (χ4v) is 4.16. The highest BCUT2D eigenvalue weighted by Gasteiger charge is 2.15. The molecule has 2 heterocycles. The number of rotatable bonds is 4. The molecule has 0 fully saturated rings. The van der Waals surface area contributed by atoms with E-state index in [4.69, 9.17) is 17.4 Å². The minimum absolute atomic E-state index is 0.491. The highest BCUT2D eigenvalue weighted by molar-refractivity contribution is 9.10. The summed E-state index contributed by atoms with van der Waals surface area (Å²) in [5.41, 5.74) is 2.70. The van der Waals surface area contributed by atoms with Crippen molar-refractivity contribution in [3.8, 4) is 11.4 Å². The number of hydrogen-bond donors (Lipinski definition) is 1. The van der Waals surface area contributed by atoms with Gasteiger partial charge in [0, 0.05) is 26.7 Å². The largest absolute Gasteiger partial charge is 0.335 e. The molecular formula is C18H13BrClN5S. The molecule has 0 saturated heterocycles. The van der Waals surface area contributed by atoms with Crippen molar-refractivity contribution in [1.29, 1.82) is 0 Å². The highest BCUT2D eigenvalue weighted by atomic mass is 79.9. The Balaban J connectivity index is 1.60. The Morgan fingerprint density at radius 2 is 1.85 bits per heavy atom. The average Bonchev–Trinajstić information content (AvgIpc) is 3.01. The number of fused-ring (bicyclic) bond motifs is 1. The van der Waals surface area contributed by atoms with E-state index >= 15 is 0 Å². The van der Waals surface area contributed by atoms with Crippen LogP contribution in [0.5, 0.6) is 0 Å². The summed E-state index contributed by atoms with van der Waals surface area (Å²) in [6, 6.07) is 17.7. The molecule has 4 rings (SSSR count). The molecule has 26 heavy (non-hydrogen) atoms. The number of halogens is 2. The van der Waals surface area contributed by atoms with Crippen LogP contribution >= 0.6 is 39.3 Å². The topological polar surface area (TPSA) is 69.6 Å². The van der Waals surface area contributed by atoms with E-state index in [0.29, 0.717) is 21.9 Å². The lowest BCUT2D eigenvalue weighted by molar-refractivity contribution is 0.849. The van der Waals surface area contributed by atoms with Crippen LogP contribution in [0.3, 0.4) is 0 Å². The number of nitrogens with zero attached hydrogens (tertiary/aromatic N) is 4. The van der Waals surface area contributed by atoms with E-state index in [-0.39, 0.29) is 0 Å². The lowest BCUT2D eigenvalue weighted by Crippen LogP contribution is -2.11. The third-order valence-electron chi connectivity index (χ3n) is 3.89. The minimum Gasteiger partial charge on any atom is -0.335 e. The maximum absolute atomic E-state index is 6.33. The monoisotopic (exact) mass is 445 g/mol. The van der Waals surface area contributed by atoms with E-state index in [1.54, 1.807) is 0 Å². The average molecular weight is 447 g/mol. The molecule has 5 nitrogen and oxygen atoms in total. The number of aromatic nitrogens is 4. The van der Waals surface area contributed by atoms with Crippen LogP contribution in [0.2, 0.25) is 5.15 Å². The Morgan fingerprint density at radius 3 is 2.69 bits per heavy atom. The van der Waals surface area contributed by atoms with Crippen LogP contribution in [-0.2, 0) is 5.75 Å². The molecule has 0 radical (unpaired) electrons. The van der Waals surface area contributed by atoms with Crippen molar-refractivity contribution < 1.29 is 0 Å². The fraction of sp³-hybridized carbons (Fsp3) is 0.0556. The first kappa shape index (κ1) is 17.3. The molecule has 130 valence electrons. The van der Waals surface area contributed by atoms with Crippen LogP contribution in [0.4, 0.5) is 0 Å². The SMILES string of the molecule is Nn1c(SCc2cc3ccccc3nc2Cl)nnc1-c1ccccc1Br. The maximum atomic E-state index is 6.33. The highest BCUT2D eigenvalue weighted by Crippen LogP contribution is 2.30. The standard InChI is InChI=1S/C18H13BrClN5S/c19-14-7-3-2-6-13(14)17-23-24-18(25(17)21)26-10-12-9-11-5-1-4-8-15(11)22-16(12)20/h1-9H,10,21H2. The van der Waals surface area contributed by atoms with Gasteiger partial charge in [0.2, 0.25) is 5.16 Å². The van der Waals surface area contributed by atoms with E-state index in [1.807, 2.05) is 54.6 Å². The van der Waals surface area contributed by atoms with Gasteiger partial charge in [0.1, 0.15) is 5.15 Å². The summed E-state index contributed by atoms with van der Waals surface area (Å²) in [6.45, 7) is 0. The molecule has 0 saturated carbocycles. The van der Waals surface area contributed by atoms with Crippen molar-refractivity contribution in [1.82, 2.24) is 19.9 Å². The summed E-state index contributed by atoms with van der Waals surface area (Å²) in [6.07, 6.45) is 0. The van der Waals surface area contributed by atoms with Gasteiger partial charge in [0.25, 0.3) is 0 Å². The molecular weight excluding hydrogens is 434 g/mol. The van der Waals surface area contributed by atoms with Gasteiger partial charge in [-0.15, -0.1) is 10.2 Å². The Hall–Kier alpha value is -2.09. The van der Waals surface area contributed by atoms with Crippen LogP contribution in [0.25, 0.3) is 22.3 Å². The van der Waals surface area contributed by atoms with Gasteiger partial charge in [-0.25, -0.2) is 9.66 Å². The van der Waals surface area contributed by atoms with Crippen LogP contribution in [-0.4, -0.2) is 19.9 Å². The van der Waals surface area contributed by atoms with Crippen molar-refractivity contribution in [3.05, 3.63) is 69.8 Å². The van der Waals surface area contributed by atoms with Crippen molar-refractivity contribution >= 4 is 50.2 Å². The number of pyridine rings is 1. The van der Waals surface area contributed by atoms with Crippen LogP contribution < -0.4 is 5.84 Å². The first-order valence-electron chi connectivity index (χ1n) is 7.76. The second-order valence-corrected chi connectivity index (χ2v) is 7.73. The first-order chi connectivity index (χ1) is 12.6. The number of para-hydroxylation sites is 1. The Bertz CT molecular complexity index is 1100. The van der Waals surface area contributed by atoms with Crippen LogP contribution in [0.15, 0.2) is 64.2 Å². The molecule has 0 amide bonds. The van der Waals surface area contributed by atoms with Gasteiger partial charge in [-0.05, 0) is 24.3 Å². The molecule has 2 aromatic heterocycles. The molecule has 8 heteroatoms. The summed E-state index contributed by atoms with van der Waals surface area (Å²) in [4.78, 5) is 4.45. The molecule has 0 aliphatic heterocycles. The summed E-state index contributed by atoms with van der Waals surface area (Å²) in [7, 11) is 0. The van der Waals surface area contributed by atoms with Crippen LogP contribution in [0.1, 0.15) is 5.56 Å². The molecule has 2 N–H and O–H groups in total. The van der Waals surface area contributed by atoms with Crippen molar-refractivity contribution in [2.45, 2.75) is 10.9 Å². The zero-order chi connectivity index (χ0) is 18.1. The van der Waals surface area contributed by atoms with Crippen molar-refractivity contribution in [2.24, 2.45) is 0 Å². The number of nitrogen functional groups attached to an aromatic ring is 1. The van der Waals surface area contributed by atoms with Gasteiger partial charge in [0.05, 0.1) is 5.52 Å². The summed E-state index contributed by atoms with van der Waals surface area (Å²) in [5, 5.41) is 10.6. The zero-order valence-corrected chi connectivity index (χ0v) is 16.6. The maximum Gasteiger partial charge on any atom is 0.210 e. The quantitative estimate of drug-likeness (QED) is 0.274. The Labute approximate surface area is 167 Å². The molecule has 0 aliphatic rings. The van der Waals surface area contributed by atoms with Gasteiger partial charge in [0.15, 0.2) is 5.82 Å². The number of nitrogens with two attached hydrogens (primary N) is 1. The van der Waals surface area contributed by atoms with Gasteiger partial charge in [-0.1, -0.05) is 69.6 Å². The van der Waals surface area contributed by atoms with Gasteiger partial charge >= 0.3 is 0 Å². The number of benzene rings is 2. The van der Waals surface area contributed by atoms with E-state index in [2.05, 4.69) is 31.1 Å². The minimum atomic E-state index is 0.491. The Morgan fingerprint density at radius 1 is 1.08 bits per heavy atom. The molecule has 0 unspecified atom stereocenters. The number of hydrogen-bond acceptors (Lipinski definition) is 5. The number of thioether (sulfide) groups is 1. The molecule has 0 atom stereocenters. The molecule has 0 bridgehead atoms. The lowest BCUT2D eigenvalue weighted by atomic mass is 10.2. The first-order valence-corrected chi connectivity index (χ1v) is 9.91. The smallest absolute Gasteiger partial charge is 0.210 e. The van der Waals surface area contributed by atoms with Gasteiger partial charge in [-0.3, -0.25) is 0 Å². The molecule has 4 aromatic rings. The predicted octanol–water partition coefficient (Wildman–Crippen LogP) is 4.92. The van der Waals surface area contributed by atoms with Crippen LogP contribution in [0, 0.1) is 0 Å². The summed E-state index contributed by atoms with van der Waals surface area (Å²) >= 11 is 11.3. The lowest BCUT2D eigenvalue weighted by Gasteiger charge is -2.07. The normalized spacial score (nSPS) is 11.2.